The third kappa shape index (κ3) is 1.48. The zero-order valence-corrected chi connectivity index (χ0v) is 12.7. The van der Waals surface area contributed by atoms with Gasteiger partial charge in [-0.3, -0.25) is 4.40 Å². The number of hydrogen-bond donors (Lipinski definition) is 0. The van der Waals surface area contributed by atoms with Crippen molar-refractivity contribution in [1.82, 2.24) is 14.4 Å². The van der Waals surface area contributed by atoms with Gasteiger partial charge in [0.05, 0.1) is 16.4 Å². The van der Waals surface area contributed by atoms with Crippen LogP contribution in [-0.2, 0) is 12.8 Å². The van der Waals surface area contributed by atoms with Crippen molar-refractivity contribution < 1.29 is 0 Å². The summed E-state index contributed by atoms with van der Waals surface area (Å²) < 4.78 is 2.22. The maximum atomic E-state index is 4.91. The lowest BCUT2D eigenvalue weighted by atomic mass is 9.97. The normalized spacial score (nSPS) is 15.1. The van der Waals surface area contributed by atoms with Crippen molar-refractivity contribution in [3.05, 3.63) is 40.5 Å². The number of aryl methyl sites for hydroxylation is 3. The minimum absolute atomic E-state index is 1.03. The summed E-state index contributed by atoms with van der Waals surface area (Å²) in [6, 6.07) is 8.35. The molecule has 0 saturated carbocycles. The molecule has 4 heteroatoms. The van der Waals surface area contributed by atoms with Crippen LogP contribution in [0, 0.1) is 6.92 Å². The highest BCUT2D eigenvalue weighted by Gasteiger charge is 2.21. The fourth-order valence-corrected chi connectivity index (χ4v) is 4.88. The van der Waals surface area contributed by atoms with Crippen LogP contribution in [0.2, 0.25) is 0 Å². The molecule has 3 heterocycles. The third-order valence-electron chi connectivity index (χ3n) is 4.52. The van der Waals surface area contributed by atoms with Crippen LogP contribution in [0.1, 0.15) is 29.1 Å². The van der Waals surface area contributed by atoms with E-state index in [0.29, 0.717) is 0 Å². The summed E-state index contributed by atoms with van der Waals surface area (Å²) in [5.41, 5.74) is 4.83. The molecule has 0 unspecified atom stereocenters. The number of thiophene rings is 1. The number of fused-ring (bicyclic) bond motifs is 7. The fourth-order valence-electron chi connectivity index (χ4n) is 3.58. The molecule has 0 saturated heterocycles. The zero-order valence-electron chi connectivity index (χ0n) is 11.9. The van der Waals surface area contributed by atoms with E-state index in [1.807, 2.05) is 11.3 Å². The van der Waals surface area contributed by atoms with E-state index in [2.05, 4.69) is 35.6 Å². The Hall–Kier alpha value is -1.94. The highest BCUT2D eigenvalue weighted by Crippen LogP contribution is 2.38. The van der Waals surface area contributed by atoms with Gasteiger partial charge in [-0.25, -0.2) is 9.97 Å². The summed E-state index contributed by atoms with van der Waals surface area (Å²) >= 11 is 1.87. The number of para-hydroxylation sites is 2. The molecule has 4 aromatic rings. The molecule has 3 nitrogen and oxygen atoms in total. The van der Waals surface area contributed by atoms with E-state index in [4.69, 9.17) is 9.97 Å². The molecular weight excluding hydrogens is 278 g/mol. The molecule has 0 amide bonds. The Labute approximate surface area is 126 Å². The lowest BCUT2D eigenvalue weighted by molar-refractivity contribution is 0.700. The number of benzene rings is 1. The van der Waals surface area contributed by atoms with Crippen LogP contribution in [0.15, 0.2) is 24.3 Å². The highest BCUT2D eigenvalue weighted by atomic mass is 32.1. The average Bonchev–Trinajstić information content (AvgIpc) is 3.04. The number of rotatable bonds is 0. The molecule has 1 aromatic carbocycles. The Kier molecular flexibility index (Phi) is 2.25. The molecule has 0 bridgehead atoms. The Bertz CT molecular complexity index is 1010. The average molecular weight is 293 g/mol. The molecule has 0 atom stereocenters. The Morgan fingerprint density at radius 2 is 1.95 bits per heavy atom. The Morgan fingerprint density at radius 1 is 1.10 bits per heavy atom. The summed E-state index contributed by atoms with van der Waals surface area (Å²) in [6.45, 7) is 2.08. The minimum atomic E-state index is 1.03. The van der Waals surface area contributed by atoms with Gasteiger partial charge in [-0.05, 0) is 50.3 Å². The molecule has 1 aliphatic rings. The van der Waals surface area contributed by atoms with Crippen molar-refractivity contribution in [3.63, 3.8) is 0 Å². The van der Waals surface area contributed by atoms with Crippen LogP contribution in [0.4, 0.5) is 0 Å². The molecule has 0 fully saturated rings. The van der Waals surface area contributed by atoms with Gasteiger partial charge >= 0.3 is 0 Å². The van der Waals surface area contributed by atoms with Gasteiger partial charge in [0.2, 0.25) is 0 Å². The zero-order chi connectivity index (χ0) is 14.0. The number of nitrogens with zero attached hydrogens (tertiary/aromatic N) is 3. The van der Waals surface area contributed by atoms with E-state index in [1.54, 1.807) is 0 Å². The van der Waals surface area contributed by atoms with Crippen LogP contribution in [0.25, 0.3) is 26.9 Å². The van der Waals surface area contributed by atoms with Crippen molar-refractivity contribution in [2.45, 2.75) is 32.6 Å². The molecule has 0 spiro atoms. The highest BCUT2D eigenvalue weighted by molar-refractivity contribution is 7.19. The molecule has 0 N–H and O–H groups in total. The molecule has 3 aromatic heterocycles. The minimum Gasteiger partial charge on any atom is -0.280 e. The quantitative estimate of drug-likeness (QED) is 0.484. The lowest BCUT2D eigenvalue weighted by Gasteiger charge is -2.10. The first kappa shape index (κ1) is 11.7. The van der Waals surface area contributed by atoms with E-state index >= 15 is 0 Å². The van der Waals surface area contributed by atoms with Crippen LogP contribution in [-0.4, -0.2) is 14.4 Å². The monoisotopic (exact) mass is 293 g/mol. The predicted octanol–water partition coefficient (Wildman–Crippen LogP) is 4.28. The van der Waals surface area contributed by atoms with Crippen molar-refractivity contribution in [2.75, 3.05) is 0 Å². The fraction of sp³-hybridized carbons (Fsp3) is 0.294. The molecule has 104 valence electrons. The van der Waals surface area contributed by atoms with Crippen molar-refractivity contribution in [2.24, 2.45) is 0 Å². The molecule has 5 rings (SSSR count). The number of aromatic nitrogens is 3. The van der Waals surface area contributed by atoms with Crippen molar-refractivity contribution in [3.8, 4) is 0 Å². The second-order valence-electron chi connectivity index (χ2n) is 5.81. The maximum Gasteiger partial charge on any atom is 0.150 e. The van der Waals surface area contributed by atoms with Gasteiger partial charge in [-0.1, -0.05) is 12.1 Å². The van der Waals surface area contributed by atoms with E-state index in [-0.39, 0.29) is 0 Å². The first-order chi connectivity index (χ1) is 10.3. The van der Waals surface area contributed by atoms with E-state index in [9.17, 15) is 0 Å². The predicted molar refractivity (Wildman–Crippen MR) is 87.3 cm³/mol. The summed E-state index contributed by atoms with van der Waals surface area (Å²) in [4.78, 5) is 12.5. The smallest absolute Gasteiger partial charge is 0.150 e. The van der Waals surface area contributed by atoms with Gasteiger partial charge in [0, 0.05) is 4.88 Å². The van der Waals surface area contributed by atoms with Crippen LogP contribution >= 0.6 is 11.3 Å². The lowest BCUT2D eigenvalue weighted by Crippen LogP contribution is -2.00. The van der Waals surface area contributed by atoms with Gasteiger partial charge in [0.15, 0.2) is 0 Å². The number of hydrogen-bond acceptors (Lipinski definition) is 3. The summed E-state index contributed by atoms with van der Waals surface area (Å²) in [7, 11) is 0. The van der Waals surface area contributed by atoms with Crippen molar-refractivity contribution >= 4 is 38.2 Å². The van der Waals surface area contributed by atoms with E-state index in [1.165, 1.54) is 46.3 Å². The van der Waals surface area contributed by atoms with Crippen molar-refractivity contribution in [1.29, 1.82) is 0 Å². The standard InChI is InChI=1S/C17H15N3S/c1-10-18-17-15(11-6-2-5-9-14(11)21-17)16-19-12-7-3-4-8-13(12)20(10)16/h3-4,7-8H,2,5-6,9H2,1H3. The Balaban J connectivity index is 2.05. The molecule has 0 radical (unpaired) electrons. The van der Waals surface area contributed by atoms with Gasteiger partial charge in [0.1, 0.15) is 16.3 Å². The second kappa shape index (κ2) is 4.04. The summed E-state index contributed by atoms with van der Waals surface area (Å²) in [5.74, 6) is 1.03. The molecule has 1 aliphatic carbocycles. The Morgan fingerprint density at radius 3 is 2.90 bits per heavy atom. The summed E-state index contributed by atoms with van der Waals surface area (Å²) in [5, 5.41) is 1.30. The van der Waals surface area contributed by atoms with Crippen LogP contribution in [0.5, 0.6) is 0 Å². The molecular formula is C17H15N3S. The third-order valence-corrected chi connectivity index (χ3v) is 5.71. The summed E-state index contributed by atoms with van der Waals surface area (Å²) in [6.07, 6.45) is 4.99. The van der Waals surface area contributed by atoms with Gasteiger partial charge in [0.25, 0.3) is 0 Å². The first-order valence-corrected chi connectivity index (χ1v) is 8.32. The maximum absolute atomic E-state index is 4.91. The van der Waals surface area contributed by atoms with E-state index in [0.717, 1.165) is 22.5 Å². The molecule has 21 heavy (non-hydrogen) atoms. The second-order valence-corrected chi connectivity index (χ2v) is 6.89. The van der Waals surface area contributed by atoms with Crippen LogP contribution in [0.3, 0.4) is 0 Å². The van der Waals surface area contributed by atoms with Gasteiger partial charge < -0.3 is 0 Å². The van der Waals surface area contributed by atoms with Gasteiger partial charge in [-0.2, -0.15) is 0 Å². The van der Waals surface area contributed by atoms with E-state index < -0.39 is 0 Å². The largest absolute Gasteiger partial charge is 0.280 e. The van der Waals surface area contributed by atoms with Gasteiger partial charge in [-0.15, -0.1) is 11.3 Å². The first-order valence-electron chi connectivity index (χ1n) is 7.51. The topological polar surface area (TPSA) is 30.2 Å². The molecule has 0 aliphatic heterocycles. The number of imidazole rings is 1. The van der Waals surface area contributed by atoms with Crippen LogP contribution < -0.4 is 0 Å². The SMILES string of the molecule is Cc1nc2sc3c(c2c2nc4ccccc4n12)CCCC3.